The first kappa shape index (κ1) is 17.2. The third-order valence-electron chi connectivity index (χ3n) is 4.39. The molecule has 0 radical (unpaired) electrons. The van der Waals surface area contributed by atoms with Crippen molar-refractivity contribution in [1.82, 2.24) is 14.9 Å². The van der Waals surface area contributed by atoms with Crippen LogP contribution in [0.3, 0.4) is 0 Å². The van der Waals surface area contributed by atoms with Gasteiger partial charge >= 0.3 is 0 Å². The summed E-state index contributed by atoms with van der Waals surface area (Å²) in [7, 11) is 1.69. The third-order valence-corrected chi connectivity index (χ3v) is 4.58. The van der Waals surface area contributed by atoms with Crippen LogP contribution in [0.15, 0.2) is 6.07 Å². The van der Waals surface area contributed by atoms with Gasteiger partial charge in [0.1, 0.15) is 17.9 Å². The van der Waals surface area contributed by atoms with Gasteiger partial charge in [-0.25, -0.2) is 4.98 Å². The van der Waals surface area contributed by atoms with E-state index >= 15 is 0 Å². The molecule has 24 heavy (non-hydrogen) atoms. The van der Waals surface area contributed by atoms with Crippen molar-refractivity contribution in [2.75, 3.05) is 44.9 Å². The van der Waals surface area contributed by atoms with Gasteiger partial charge in [0.2, 0.25) is 17.7 Å². The van der Waals surface area contributed by atoms with Gasteiger partial charge in [0.25, 0.3) is 0 Å². The van der Waals surface area contributed by atoms with Crippen molar-refractivity contribution in [2.24, 2.45) is 0 Å². The summed E-state index contributed by atoms with van der Waals surface area (Å²) < 4.78 is 11.2. The van der Waals surface area contributed by atoms with Crippen LogP contribution >= 0.6 is 11.6 Å². The van der Waals surface area contributed by atoms with Gasteiger partial charge in [-0.3, -0.25) is 4.79 Å². The minimum Gasteiger partial charge on any atom is -0.474 e. The van der Waals surface area contributed by atoms with Crippen LogP contribution in [-0.2, 0) is 9.53 Å². The average Bonchev–Trinajstić information content (AvgIpc) is 2.56. The SMILES string of the molecule is CN(C(=O)CO)[C@H]1C[C@H](Oc2cc(Cl)nc(N3CCOCC3)n2)C1. The number of aliphatic hydroxyl groups excluding tert-OH is 1. The van der Waals surface area contributed by atoms with Crippen molar-refractivity contribution in [1.29, 1.82) is 0 Å². The van der Waals surface area contributed by atoms with E-state index in [4.69, 9.17) is 26.2 Å². The van der Waals surface area contributed by atoms with Gasteiger partial charge in [0.05, 0.1) is 13.2 Å². The zero-order chi connectivity index (χ0) is 17.1. The fourth-order valence-corrected chi connectivity index (χ4v) is 2.96. The van der Waals surface area contributed by atoms with Crippen LogP contribution in [0.5, 0.6) is 5.88 Å². The Kier molecular flexibility index (Phi) is 5.37. The first-order valence-corrected chi connectivity index (χ1v) is 8.35. The molecule has 0 atom stereocenters. The summed E-state index contributed by atoms with van der Waals surface area (Å²) in [5.74, 6) is 0.707. The molecule has 2 aliphatic rings. The number of aromatic nitrogens is 2. The Labute approximate surface area is 145 Å². The largest absolute Gasteiger partial charge is 0.474 e. The van der Waals surface area contributed by atoms with Crippen LogP contribution in [0.4, 0.5) is 5.95 Å². The van der Waals surface area contributed by atoms with Crippen molar-refractivity contribution < 1.29 is 19.4 Å². The van der Waals surface area contributed by atoms with Gasteiger partial charge in [-0.15, -0.1) is 0 Å². The number of carbonyl (C=O) groups excluding carboxylic acids is 1. The number of likely N-dealkylation sites (N-methyl/N-ethyl adjacent to an activating group) is 1. The van der Waals surface area contributed by atoms with E-state index in [1.807, 2.05) is 4.90 Å². The first-order chi connectivity index (χ1) is 11.6. The molecule has 1 saturated carbocycles. The molecule has 2 fully saturated rings. The van der Waals surface area contributed by atoms with E-state index in [-0.39, 0.29) is 18.1 Å². The molecule has 0 aromatic carbocycles. The molecular weight excluding hydrogens is 336 g/mol. The van der Waals surface area contributed by atoms with E-state index in [9.17, 15) is 4.79 Å². The van der Waals surface area contributed by atoms with Crippen molar-refractivity contribution in [2.45, 2.75) is 25.0 Å². The summed E-state index contributed by atoms with van der Waals surface area (Å²) in [4.78, 5) is 23.7. The molecule has 0 spiro atoms. The third kappa shape index (κ3) is 3.88. The number of aliphatic hydroxyl groups is 1. The van der Waals surface area contributed by atoms with Crippen molar-refractivity contribution in [3.63, 3.8) is 0 Å². The van der Waals surface area contributed by atoms with Crippen molar-refractivity contribution in [3.05, 3.63) is 11.2 Å². The minimum atomic E-state index is -0.469. The highest BCUT2D eigenvalue weighted by molar-refractivity contribution is 6.29. The maximum atomic E-state index is 11.5. The smallest absolute Gasteiger partial charge is 0.248 e. The van der Waals surface area contributed by atoms with Crippen molar-refractivity contribution >= 4 is 23.5 Å². The molecule has 1 aliphatic carbocycles. The summed E-state index contributed by atoms with van der Waals surface area (Å²) in [5, 5.41) is 9.23. The minimum absolute atomic E-state index is 0.0209. The molecule has 1 saturated heterocycles. The molecule has 1 amide bonds. The van der Waals surface area contributed by atoms with E-state index < -0.39 is 6.61 Å². The number of anilines is 1. The number of carbonyl (C=O) groups is 1. The lowest BCUT2D eigenvalue weighted by molar-refractivity contribution is -0.138. The number of halogens is 1. The number of hydrogen-bond donors (Lipinski definition) is 1. The van der Waals surface area contributed by atoms with Gasteiger partial charge in [0.15, 0.2) is 0 Å². The predicted octanol–water partition coefficient (Wildman–Crippen LogP) is 0.327. The highest BCUT2D eigenvalue weighted by Crippen LogP contribution is 2.30. The van der Waals surface area contributed by atoms with Crippen LogP contribution in [0.1, 0.15) is 12.8 Å². The van der Waals surface area contributed by atoms with E-state index in [1.165, 1.54) is 0 Å². The zero-order valence-corrected chi connectivity index (χ0v) is 14.3. The Bertz CT molecular complexity index is 591. The second-order valence-electron chi connectivity index (χ2n) is 5.96. The Morgan fingerprint density at radius 1 is 1.46 bits per heavy atom. The summed E-state index contributed by atoms with van der Waals surface area (Å²) >= 11 is 6.08. The highest BCUT2D eigenvalue weighted by atomic mass is 35.5. The van der Waals surface area contributed by atoms with E-state index in [0.29, 0.717) is 43.0 Å². The molecule has 2 heterocycles. The van der Waals surface area contributed by atoms with Crippen LogP contribution in [0.2, 0.25) is 5.15 Å². The lowest BCUT2D eigenvalue weighted by atomic mass is 9.88. The number of nitrogens with zero attached hydrogens (tertiary/aromatic N) is 4. The van der Waals surface area contributed by atoms with Gasteiger partial charge in [-0.1, -0.05) is 11.6 Å². The van der Waals surface area contributed by atoms with Crippen molar-refractivity contribution in [3.8, 4) is 5.88 Å². The van der Waals surface area contributed by atoms with Crippen LogP contribution in [0, 0.1) is 0 Å². The summed E-state index contributed by atoms with van der Waals surface area (Å²) in [6.07, 6.45) is 1.39. The molecule has 132 valence electrons. The van der Waals surface area contributed by atoms with Crippen LogP contribution < -0.4 is 9.64 Å². The van der Waals surface area contributed by atoms with Crippen LogP contribution in [0.25, 0.3) is 0 Å². The van der Waals surface area contributed by atoms with Crippen LogP contribution in [-0.4, -0.2) is 78.0 Å². The average molecular weight is 357 g/mol. The molecule has 1 aliphatic heterocycles. The van der Waals surface area contributed by atoms with Gasteiger partial charge in [0, 0.05) is 45.1 Å². The number of rotatable bonds is 5. The molecule has 0 bridgehead atoms. The van der Waals surface area contributed by atoms with E-state index in [2.05, 4.69) is 9.97 Å². The molecule has 0 unspecified atom stereocenters. The molecule has 9 heteroatoms. The molecule has 1 aromatic rings. The van der Waals surface area contributed by atoms with E-state index in [1.54, 1.807) is 18.0 Å². The quantitative estimate of drug-likeness (QED) is 0.760. The summed E-state index contributed by atoms with van der Waals surface area (Å²) in [5.41, 5.74) is 0. The fraction of sp³-hybridized carbons (Fsp3) is 0.667. The normalized spacial score (nSPS) is 23.5. The molecule has 1 aromatic heterocycles. The predicted molar refractivity (Wildman–Crippen MR) is 87.4 cm³/mol. The summed E-state index contributed by atoms with van der Waals surface area (Å²) in [6, 6.07) is 1.69. The van der Waals surface area contributed by atoms with Gasteiger partial charge in [-0.05, 0) is 0 Å². The summed E-state index contributed by atoms with van der Waals surface area (Å²) in [6.45, 7) is 2.25. The Morgan fingerprint density at radius 3 is 2.83 bits per heavy atom. The molecule has 3 rings (SSSR count). The second-order valence-corrected chi connectivity index (χ2v) is 6.34. The van der Waals surface area contributed by atoms with Gasteiger partial charge < -0.3 is 24.4 Å². The Balaban J connectivity index is 1.58. The molecule has 1 N–H and O–H groups in total. The lowest BCUT2D eigenvalue weighted by Crippen LogP contribution is -2.50. The standard InChI is InChI=1S/C15H21ClN4O4/c1-19(14(22)9-21)10-6-11(7-10)24-13-8-12(16)17-15(18-13)20-2-4-23-5-3-20/h8,10-11,21H,2-7,9H2,1H3/t10-,11-. The highest BCUT2D eigenvalue weighted by Gasteiger charge is 2.36. The molecular formula is C15H21ClN4O4. The number of amides is 1. The monoisotopic (exact) mass is 356 g/mol. The fourth-order valence-electron chi connectivity index (χ4n) is 2.79. The second kappa shape index (κ2) is 7.50. The molecule has 8 nitrogen and oxygen atoms in total. The zero-order valence-electron chi connectivity index (χ0n) is 13.5. The topological polar surface area (TPSA) is 88.0 Å². The maximum absolute atomic E-state index is 11.5. The number of morpholine rings is 1. The maximum Gasteiger partial charge on any atom is 0.248 e. The van der Waals surface area contributed by atoms with Gasteiger partial charge in [-0.2, -0.15) is 4.98 Å². The first-order valence-electron chi connectivity index (χ1n) is 7.97. The number of hydrogen-bond acceptors (Lipinski definition) is 7. The van der Waals surface area contributed by atoms with E-state index in [0.717, 1.165) is 13.1 Å². The Hall–Kier alpha value is -1.64. The Morgan fingerprint density at radius 2 is 2.17 bits per heavy atom. The lowest BCUT2D eigenvalue weighted by Gasteiger charge is -2.40. The number of ether oxygens (including phenoxy) is 2.